The summed E-state index contributed by atoms with van der Waals surface area (Å²) in [5, 5.41) is 4.00. The fourth-order valence-electron chi connectivity index (χ4n) is 2.51. The molecule has 31 heavy (non-hydrogen) atoms. The quantitative estimate of drug-likeness (QED) is 0.513. The third kappa shape index (κ3) is 6.85. The van der Waals surface area contributed by atoms with E-state index in [0.29, 0.717) is 0 Å². The van der Waals surface area contributed by atoms with Crippen molar-refractivity contribution in [3.63, 3.8) is 0 Å². The lowest BCUT2D eigenvalue weighted by atomic mass is 10.1. The minimum Gasteiger partial charge on any atom is -0.322 e. The Hall–Kier alpha value is -2.80. The summed E-state index contributed by atoms with van der Waals surface area (Å²) < 4.78 is 79.3. The summed E-state index contributed by atoms with van der Waals surface area (Å²) in [6.45, 7) is 6.46. The van der Waals surface area contributed by atoms with E-state index in [1.165, 1.54) is 30.3 Å². The number of sulfone groups is 2. The van der Waals surface area contributed by atoms with E-state index < -0.39 is 52.1 Å². The molecule has 2 aromatic carbocycles. The molecule has 0 spiro atoms. The summed E-state index contributed by atoms with van der Waals surface area (Å²) in [5.41, 5.74) is 0.321. The Morgan fingerprint density at radius 3 is 2.10 bits per heavy atom. The zero-order valence-electron chi connectivity index (χ0n) is 16.1. The molecule has 0 fully saturated rings. The first-order chi connectivity index (χ1) is 14.3. The van der Waals surface area contributed by atoms with Crippen LogP contribution in [0.1, 0.15) is 21.5 Å². The summed E-state index contributed by atoms with van der Waals surface area (Å²) in [6.07, 6.45) is 0. The van der Waals surface area contributed by atoms with Gasteiger partial charge in [-0.05, 0) is 35.4 Å². The lowest BCUT2D eigenvalue weighted by molar-refractivity contribution is 0.102. The molecule has 0 aromatic heterocycles. The zero-order chi connectivity index (χ0) is 23.4. The maximum atomic E-state index is 12.6. The number of rotatable bonds is 9. The number of amides is 1. The van der Waals surface area contributed by atoms with Gasteiger partial charge in [-0.2, -0.15) is 8.42 Å². The third-order valence-corrected chi connectivity index (χ3v) is 7.36. The molecule has 2 N–H and O–H groups in total. The van der Waals surface area contributed by atoms with Crippen molar-refractivity contribution in [2.24, 2.45) is 0 Å². The van der Waals surface area contributed by atoms with Crippen LogP contribution in [0.25, 0.3) is 0 Å². The second-order valence-corrected chi connectivity index (χ2v) is 11.7. The Bertz CT molecular complexity index is 1360. The van der Waals surface area contributed by atoms with E-state index >= 15 is 0 Å². The van der Waals surface area contributed by atoms with Crippen LogP contribution < -0.4 is 5.32 Å². The molecule has 0 saturated heterocycles. The Morgan fingerprint density at radius 1 is 0.903 bits per heavy atom. The van der Waals surface area contributed by atoms with Crippen molar-refractivity contribution in [3.05, 3.63) is 83.1 Å². The number of carbonyl (C=O) groups is 1. The molecule has 0 unspecified atom stereocenters. The minimum absolute atomic E-state index is 0.0180. The molecule has 1 amide bonds. The number of hydrogen-bond acceptors (Lipinski definition) is 7. The Balaban J connectivity index is 2.49. The van der Waals surface area contributed by atoms with Crippen LogP contribution in [-0.4, -0.2) is 35.7 Å². The van der Waals surface area contributed by atoms with Gasteiger partial charge in [0.15, 0.2) is 19.7 Å². The highest BCUT2D eigenvalue weighted by Gasteiger charge is 2.18. The average molecular weight is 486 g/mol. The molecule has 0 aliphatic heterocycles. The van der Waals surface area contributed by atoms with Crippen LogP contribution in [0, 0.1) is 0 Å². The first kappa shape index (κ1) is 24.5. The molecule has 0 radical (unpaired) electrons. The van der Waals surface area contributed by atoms with E-state index in [9.17, 15) is 30.0 Å². The molecule has 0 bridgehead atoms. The fourth-order valence-corrected chi connectivity index (χ4v) is 4.61. The minimum atomic E-state index is -4.54. The summed E-state index contributed by atoms with van der Waals surface area (Å²) in [4.78, 5) is 12.1. The average Bonchev–Trinajstić information content (AvgIpc) is 2.69. The van der Waals surface area contributed by atoms with Crippen molar-refractivity contribution >= 4 is 41.4 Å². The Kier molecular flexibility index (Phi) is 7.21. The van der Waals surface area contributed by atoms with Crippen molar-refractivity contribution < 1.29 is 34.6 Å². The maximum Gasteiger partial charge on any atom is 0.294 e. The molecule has 0 saturated carbocycles. The monoisotopic (exact) mass is 485 g/mol. The highest BCUT2D eigenvalue weighted by Crippen LogP contribution is 2.24. The van der Waals surface area contributed by atoms with E-state index in [4.69, 9.17) is 4.55 Å². The van der Waals surface area contributed by atoms with Gasteiger partial charge in [0.2, 0.25) is 0 Å². The van der Waals surface area contributed by atoms with Gasteiger partial charge in [-0.25, -0.2) is 16.8 Å². The molecule has 0 aliphatic rings. The van der Waals surface area contributed by atoms with Crippen LogP contribution in [-0.2, 0) is 41.3 Å². The summed E-state index contributed by atoms with van der Waals surface area (Å²) in [7, 11) is -11.9. The predicted octanol–water partition coefficient (Wildman–Crippen LogP) is 2.30. The van der Waals surface area contributed by atoms with Crippen molar-refractivity contribution in [1.29, 1.82) is 0 Å². The normalized spacial score (nSPS) is 12.2. The van der Waals surface area contributed by atoms with Crippen LogP contribution in [0.5, 0.6) is 0 Å². The van der Waals surface area contributed by atoms with Gasteiger partial charge in [0.05, 0.1) is 16.4 Å². The largest absolute Gasteiger partial charge is 0.322 e. The van der Waals surface area contributed by atoms with Gasteiger partial charge in [0.1, 0.15) is 0 Å². The lowest BCUT2D eigenvalue weighted by Crippen LogP contribution is -2.15. The van der Waals surface area contributed by atoms with Gasteiger partial charge in [-0.1, -0.05) is 31.4 Å². The second kappa shape index (κ2) is 9.14. The number of carbonyl (C=O) groups excluding carboxylic acids is 1. The van der Waals surface area contributed by atoms with Crippen molar-refractivity contribution in [1.82, 2.24) is 0 Å². The van der Waals surface area contributed by atoms with Gasteiger partial charge in [0.25, 0.3) is 16.0 Å². The van der Waals surface area contributed by atoms with Crippen LogP contribution in [0.3, 0.4) is 0 Å². The van der Waals surface area contributed by atoms with Crippen molar-refractivity contribution in [3.8, 4) is 0 Å². The Labute approximate surface area is 180 Å². The molecule has 9 nitrogen and oxygen atoms in total. The van der Waals surface area contributed by atoms with Gasteiger partial charge >= 0.3 is 0 Å². The standard InChI is InChI=1S/C19H19NO8S3/c1-3-29(22,23)12-14-8-9-16(13-30(24,25)4-2)18(10-14)20-19(21)15-6-5-7-17(11-15)31(26,27)28/h3-11H,1-2,12-13H2,(H,20,21)(H,26,27,28). The second-order valence-electron chi connectivity index (χ2n) is 6.40. The van der Waals surface area contributed by atoms with E-state index in [-0.39, 0.29) is 22.4 Å². The van der Waals surface area contributed by atoms with Gasteiger partial charge in [-0.3, -0.25) is 9.35 Å². The SMILES string of the molecule is C=CS(=O)(=O)Cc1ccc(CS(=O)(=O)C=C)c(NC(=O)c2cccc(S(=O)(=O)O)c2)c1. The van der Waals surface area contributed by atoms with Gasteiger partial charge < -0.3 is 5.32 Å². The lowest BCUT2D eigenvalue weighted by Gasteiger charge is -2.13. The highest BCUT2D eigenvalue weighted by atomic mass is 32.2. The van der Waals surface area contributed by atoms with Gasteiger partial charge in [-0.15, -0.1) is 0 Å². The fraction of sp³-hybridized carbons (Fsp3) is 0.105. The van der Waals surface area contributed by atoms with E-state index in [1.807, 2.05) is 0 Å². The van der Waals surface area contributed by atoms with Crippen molar-refractivity contribution in [2.75, 3.05) is 5.32 Å². The molecule has 0 aliphatic carbocycles. The van der Waals surface area contributed by atoms with Crippen LogP contribution in [0.2, 0.25) is 0 Å². The summed E-state index contributed by atoms with van der Waals surface area (Å²) in [5.74, 6) is -1.73. The topological polar surface area (TPSA) is 152 Å². The van der Waals surface area contributed by atoms with E-state index in [1.54, 1.807) is 0 Å². The molecule has 2 aromatic rings. The van der Waals surface area contributed by atoms with E-state index in [2.05, 4.69) is 18.5 Å². The van der Waals surface area contributed by atoms with Crippen LogP contribution in [0.4, 0.5) is 5.69 Å². The Morgan fingerprint density at radius 2 is 1.52 bits per heavy atom. The zero-order valence-corrected chi connectivity index (χ0v) is 18.5. The molecular weight excluding hydrogens is 466 g/mol. The van der Waals surface area contributed by atoms with Gasteiger partial charge in [0, 0.05) is 22.1 Å². The number of hydrogen-bond donors (Lipinski definition) is 2. The van der Waals surface area contributed by atoms with E-state index in [0.717, 1.165) is 22.9 Å². The molecule has 0 heterocycles. The predicted molar refractivity (Wildman–Crippen MR) is 116 cm³/mol. The molecule has 2 rings (SSSR count). The summed E-state index contributed by atoms with van der Waals surface area (Å²) in [6, 6.07) is 8.64. The van der Waals surface area contributed by atoms with Crippen LogP contribution >= 0.6 is 0 Å². The summed E-state index contributed by atoms with van der Waals surface area (Å²) >= 11 is 0. The number of anilines is 1. The molecular formula is C19H19NO8S3. The van der Waals surface area contributed by atoms with Crippen molar-refractivity contribution in [2.45, 2.75) is 16.4 Å². The molecule has 166 valence electrons. The number of nitrogens with one attached hydrogen (secondary N) is 1. The first-order valence-corrected chi connectivity index (χ1v) is 13.3. The number of benzene rings is 2. The highest BCUT2D eigenvalue weighted by molar-refractivity contribution is 7.93. The smallest absolute Gasteiger partial charge is 0.294 e. The first-order valence-electron chi connectivity index (χ1n) is 8.47. The van der Waals surface area contributed by atoms with Crippen LogP contribution in [0.15, 0.2) is 71.3 Å². The third-order valence-electron chi connectivity index (χ3n) is 4.05. The molecule has 0 atom stereocenters. The molecule has 12 heteroatoms. The maximum absolute atomic E-state index is 12.6.